The standard InChI is InChI=1S/C12H17N5O/c1-9(2)6-17-12(13-8-15-17)4-11(18)10-5-14-16(3)7-10/h5,7-9H,4,6H2,1-3H3. The van der Waals surface area contributed by atoms with E-state index < -0.39 is 0 Å². The topological polar surface area (TPSA) is 65.6 Å². The highest BCUT2D eigenvalue weighted by atomic mass is 16.1. The molecule has 0 saturated heterocycles. The number of hydrogen-bond acceptors (Lipinski definition) is 4. The summed E-state index contributed by atoms with van der Waals surface area (Å²) in [6.07, 6.45) is 5.05. The van der Waals surface area contributed by atoms with Gasteiger partial charge in [-0.05, 0) is 5.92 Å². The third kappa shape index (κ3) is 2.82. The highest BCUT2D eigenvalue weighted by Crippen LogP contribution is 2.06. The zero-order chi connectivity index (χ0) is 13.1. The van der Waals surface area contributed by atoms with Gasteiger partial charge in [0.15, 0.2) is 5.78 Å². The molecule has 0 saturated carbocycles. The van der Waals surface area contributed by atoms with Crippen LogP contribution in [0.1, 0.15) is 30.0 Å². The van der Waals surface area contributed by atoms with Gasteiger partial charge < -0.3 is 0 Å². The van der Waals surface area contributed by atoms with Crippen molar-refractivity contribution in [2.45, 2.75) is 26.8 Å². The zero-order valence-electron chi connectivity index (χ0n) is 10.9. The Morgan fingerprint density at radius 2 is 2.17 bits per heavy atom. The Bertz CT molecular complexity index is 540. The molecule has 2 aromatic heterocycles. The van der Waals surface area contributed by atoms with Gasteiger partial charge in [0, 0.05) is 19.8 Å². The molecule has 0 unspecified atom stereocenters. The minimum absolute atomic E-state index is 0.0149. The van der Waals surface area contributed by atoms with Crippen LogP contribution in [0.25, 0.3) is 0 Å². The average molecular weight is 247 g/mol. The number of aromatic nitrogens is 5. The van der Waals surface area contributed by atoms with E-state index in [1.54, 1.807) is 28.8 Å². The van der Waals surface area contributed by atoms with Gasteiger partial charge in [0.25, 0.3) is 0 Å². The lowest BCUT2D eigenvalue weighted by Gasteiger charge is -2.07. The van der Waals surface area contributed by atoms with E-state index in [2.05, 4.69) is 29.0 Å². The first-order chi connectivity index (χ1) is 8.56. The highest BCUT2D eigenvalue weighted by molar-refractivity contribution is 5.96. The van der Waals surface area contributed by atoms with Crippen molar-refractivity contribution in [2.75, 3.05) is 0 Å². The third-order valence-corrected chi connectivity index (χ3v) is 2.58. The highest BCUT2D eigenvalue weighted by Gasteiger charge is 2.14. The van der Waals surface area contributed by atoms with Crippen molar-refractivity contribution >= 4 is 5.78 Å². The average Bonchev–Trinajstić information content (AvgIpc) is 2.88. The lowest BCUT2D eigenvalue weighted by molar-refractivity contribution is 0.0989. The van der Waals surface area contributed by atoms with Crippen LogP contribution in [0.2, 0.25) is 0 Å². The van der Waals surface area contributed by atoms with Gasteiger partial charge in [0.2, 0.25) is 0 Å². The molecule has 2 heterocycles. The van der Waals surface area contributed by atoms with Crippen LogP contribution in [0.3, 0.4) is 0 Å². The molecule has 0 fully saturated rings. The molecule has 0 aromatic carbocycles. The molecule has 96 valence electrons. The molecule has 0 radical (unpaired) electrons. The van der Waals surface area contributed by atoms with Gasteiger partial charge in [0.1, 0.15) is 12.2 Å². The summed E-state index contributed by atoms with van der Waals surface area (Å²) in [6.45, 7) is 4.98. The molecule has 6 heteroatoms. The molecule has 0 spiro atoms. The van der Waals surface area contributed by atoms with Crippen LogP contribution in [-0.2, 0) is 20.0 Å². The van der Waals surface area contributed by atoms with Crippen molar-refractivity contribution in [1.29, 1.82) is 0 Å². The van der Waals surface area contributed by atoms with Gasteiger partial charge >= 0.3 is 0 Å². The van der Waals surface area contributed by atoms with Crippen molar-refractivity contribution in [2.24, 2.45) is 13.0 Å². The summed E-state index contributed by atoms with van der Waals surface area (Å²) in [5, 5.41) is 8.13. The van der Waals surface area contributed by atoms with E-state index in [1.165, 1.54) is 6.33 Å². The first kappa shape index (κ1) is 12.5. The van der Waals surface area contributed by atoms with Crippen molar-refractivity contribution < 1.29 is 4.79 Å². The quantitative estimate of drug-likeness (QED) is 0.742. The summed E-state index contributed by atoms with van der Waals surface area (Å²) in [7, 11) is 1.79. The summed E-state index contributed by atoms with van der Waals surface area (Å²) in [5.41, 5.74) is 0.608. The summed E-state index contributed by atoms with van der Waals surface area (Å²) >= 11 is 0. The van der Waals surface area contributed by atoms with Crippen LogP contribution < -0.4 is 0 Å². The van der Waals surface area contributed by atoms with Crippen LogP contribution in [0.15, 0.2) is 18.7 Å². The smallest absolute Gasteiger partial charge is 0.173 e. The number of rotatable bonds is 5. The summed E-state index contributed by atoms with van der Waals surface area (Å²) in [4.78, 5) is 16.2. The van der Waals surface area contributed by atoms with Crippen LogP contribution in [0, 0.1) is 5.92 Å². The van der Waals surface area contributed by atoms with Crippen molar-refractivity contribution in [1.82, 2.24) is 24.5 Å². The van der Waals surface area contributed by atoms with E-state index in [9.17, 15) is 4.79 Å². The van der Waals surface area contributed by atoms with Crippen molar-refractivity contribution in [3.63, 3.8) is 0 Å². The number of carbonyl (C=O) groups is 1. The van der Waals surface area contributed by atoms with Gasteiger partial charge in [-0.2, -0.15) is 10.2 Å². The number of nitrogens with zero attached hydrogens (tertiary/aromatic N) is 5. The fourth-order valence-corrected chi connectivity index (χ4v) is 1.73. The van der Waals surface area contributed by atoms with Gasteiger partial charge in [0.05, 0.1) is 18.2 Å². The normalized spacial score (nSPS) is 11.1. The summed E-state index contributed by atoms with van der Waals surface area (Å²) in [5.74, 6) is 1.19. The van der Waals surface area contributed by atoms with E-state index in [0.717, 1.165) is 6.54 Å². The maximum absolute atomic E-state index is 12.0. The Labute approximate surface area is 106 Å². The molecular formula is C12H17N5O. The van der Waals surface area contributed by atoms with E-state index in [-0.39, 0.29) is 12.2 Å². The lowest BCUT2D eigenvalue weighted by Crippen LogP contribution is -2.14. The minimum atomic E-state index is 0.0149. The van der Waals surface area contributed by atoms with Gasteiger partial charge in [-0.3, -0.25) is 9.48 Å². The van der Waals surface area contributed by atoms with Crippen LogP contribution >= 0.6 is 0 Å². The Morgan fingerprint density at radius 1 is 1.39 bits per heavy atom. The largest absolute Gasteiger partial charge is 0.294 e. The lowest BCUT2D eigenvalue weighted by atomic mass is 10.1. The summed E-state index contributed by atoms with van der Waals surface area (Å²) in [6, 6.07) is 0. The molecule has 0 aliphatic heterocycles. The number of ketones is 1. The number of aryl methyl sites for hydroxylation is 1. The Morgan fingerprint density at radius 3 is 2.78 bits per heavy atom. The molecule has 2 rings (SSSR count). The Hall–Kier alpha value is -1.98. The molecule has 0 bridgehead atoms. The fraction of sp³-hybridized carbons (Fsp3) is 0.500. The molecule has 0 N–H and O–H groups in total. The maximum Gasteiger partial charge on any atom is 0.173 e. The predicted octanol–water partition coefficient (Wildman–Crippen LogP) is 1.09. The molecule has 6 nitrogen and oxygen atoms in total. The number of carbonyl (C=O) groups excluding carboxylic acids is 1. The van der Waals surface area contributed by atoms with Crippen molar-refractivity contribution in [3.05, 3.63) is 30.1 Å². The van der Waals surface area contributed by atoms with E-state index in [4.69, 9.17) is 0 Å². The first-order valence-corrected chi connectivity index (χ1v) is 5.94. The fourth-order valence-electron chi connectivity index (χ4n) is 1.73. The van der Waals surface area contributed by atoms with E-state index >= 15 is 0 Å². The second kappa shape index (κ2) is 5.12. The van der Waals surface area contributed by atoms with Crippen LogP contribution in [-0.4, -0.2) is 30.3 Å². The summed E-state index contributed by atoms with van der Waals surface area (Å²) < 4.78 is 3.41. The van der Waals surface area contributed by atoms with Crippen LogP contribution in [0.5, 0.6) is 0 Å². The number of Topliss-reactive ketones (excluding diaryl/α,β-unsaturated/α-hetero) is 1. The second-order valence-corrected chi connectivity index (χ2v) is 4.75. The number of hydrogen-bond donors (Lipinski definition) is 0. The molecule has 0 aliphatic rings. The van der Waals surface area contributed by atoms with Gasteiger partial charge in [-0.15, -0.1) is 0 Å². The zero-order valence-corrected chi connectivity index (χ0v) is 10.9. The monoisotopic (exact) mass is 247 g/mol. The molecule has 2 aromatic rings. The molecule has 0 aliphatic carbocycles. The molecule has 0 amide bonds. The van der Waals surface area contributed by atoms with Gasteiger partial charge in [-0.1, -0.05) is 13.8 Å². The minimum Gasteiger partial charge on any atom is -0.294 e. The predicted molar refractivity (Wildman–Crippen MR) is 66.1 cm³/mol. The third-order valence-electron chi connectivity index (χ3n) is 2.58. The molecule has 18 heavy (non-hydrogen) atoms. The molecule has 0 atom stereocenters. The SMILES string of the molecule is CC(C)Cn1ncnc1CC(=O)c1cnn(C)c1. The molecular weight excluding hydrogens is 230 g/mol. The van der Waals surface area contributed by atoms with Gasteiger partial charge in [-0.25, -0.2) is 9.67 Å². The van der Waals surface area contributed by atoms with Crippen LogP contribution in [0.4, 0.5) is 0 Å². The maximum atomic E-state index is 12.0. The second-order valence-electron chi connectivity index (χ2n) is 4.75. The van der Waals surface area contributed by atoms with E-state index in [1.807, 2.05) is 0 Å². The van der Waals surface area contributed by atoms with E-state index in [0.29, 0.717) is 17.3 Å². The Kier molecular flexibility index (Phi) is 3.55. The Balaban J connectivity index is 2.10. The first-order valence-electron chi connectivity index (χ1n) is 5.94. The van der Waals surface area contributed by atoms with Crippen molar-refractivity contribution in [3.8, 4) is 0 Å².